The third-order valence-corrected chi connectivity index (χ3v) is 3.06. The summed E-state index contributed by atoms with van der Waals surface area (Å²) in [6, 6.07) is 2.11. The van der Waals surface area contributed by atoms with Crippen molar-refractivity contribution < 1.29 is 13.0 Å². The molecule has 8 heteroatoms. The number of nitrogens with one attached hydrogen (secondary N) is 1. The van der Waals surface area contributed by atoms with E-state index in [1.165, 1.54) is 0 Å². The second-order valence-electron chi connectivity index (χ2n) is 2.36. The van der Waals surface area contributed by atoms with E-state index < -0.39 is 15.0 Å². The summed E-state index contributed by atoms with van der Waals surface area (Å²) in [5.41, 5.74) is 2.44. The first-order valence-electron chi connectivity index (χ1n) is 3.28. The first kappa shape index (κ1) is 11.5. The molecule has 1 aromatic rings. The summed E-state index contributed by atoms with van der Waals surface area (Å²) in [6.07, 6.45) is 0. The van der Waals surface area contributed by atoms with Gasteiger partial charge in [-0.3, -0.25) is 5.84 Å². The van der Waals surface area contributed by atoms with E-state index in [-0.39, 0.29) is 15.7 Å². The fraction of sp³-hybridized carbons (Fsp3) is 0. The standard InChI is InChI=1S/C6H6Cl2N2O3S/c7-3-2-6(14(11,12)13)4(8)1-5(3)10-9/h1-2,10H,9H2,(H,11,12,13)/p-1. The van der Waals surface area contributed by atoms with Gasteiger partial charge in [-0.25, -0.2) is 8.42 Å². The van der Waals surface area contributed by atoms with Gasteiger partial charge in [0.15, 0.2) is 0 Å². The van der Waals surface area contributed by atoms with Gasteiger partial charge in [0.05, 0.1) is 20.6 Å². The number of anilines is 1. The molecule has 0 aliphatic heterocycles. The molecule has 0 saturated carbocycles. The Morgan fingerprint density at radius 1 is 1.29 bits per heavy atom. The van der Waals surface area contributed by atoms with Crippen molar-refractivity contribution in [1.82, 2.24) is 0 Å². The van der Waals surface area contributed by atoms with E-state index in [1.54, 1.807) is 0 Å². The number of hydrogen-bond donors (Lipinski definition) is 2. The van der Waals surface area contributed by atoms with Gasteiger partial charge in [-0.05, 0) is 12.1 Å². The number of halogens is 2. The second kappa shape index (κ2) is 3.92. The van der Waals surface area contributed by atoms with Crippen LogP contribution in [0.15, 0.2) is 17.0 Å². The maximum absolute atomic E-state index is 10.7. The van der Waals surface area contributed by atoms with Crippen LogP contribution in [0, 0.1) is 0 Å². The number of nitrogens with two attached hydrogens (primary N) is 1. The van der Waals surface area contributed by atoms with E-state index in [0.29, 0.717) is 0 Å². The minimum absolute atomic E-state index is 0.00586. The third kappa shape index (κ3) is 2.28. The summed E-state index contributed by atoms with van der Waals surface area (Å²) in [6.45, 7) is 0. The maximum Gasteiger partial charge on any atom is 0.125 e. The molecule has 3 N–H and O–H groups in total. The normalized spacial score (nSPS) is 11.4. The van der Waals surface area contributed by atoms with Gasteiger partial charge in [-0.2, -0.15) is 0 Å². The summed E-state index contributed by atoms with van der Waals surface area (Å²) in [5, 5.41) is -0.219. The molecular weight excluding hydrogens is 251 g/mol. The Hall–Kier alpha value is -0.530. The minimum atomic E-state index is -4.62. The first-order valence-corrected chi connectivity index (χ1v) is 5.44. The first-order chi connectivity index (χ1) is 6.36. The topological polar surface area (TPSA) is 95.2 Å². The number of benzene rings is 1. The molecule has 14 heavy (non-hydrogen) atoms. The molecule has 0 spiro atoms. The van der Waals surface area contributed by atoms with Crippen molar-refractivity contribution in [3.8, 4) is 0 Å². The molecule has 1 rings (SSSR count). The second-order valence-corrected chi connectivity index (χ2v) is 4.52. The summed E-state index contributed by atoms with van der Waals surface area (Å²) < 4.78 is 32.0. The number of hydrazine groups is 1. The Bertz CT molecular complexity index is 460. The van der Waals surface area contributed by atoms with Crippen molar-refractivity contribution in [1.29, 1.82) is 0 Å². The van der Waals surface area contributed by atoms with Crippen molar-refractivity contribution in [3.05, 3.63) is 22.2 Å². The lowest BCUT2D eigenvalue weighted by molar-refractivity contribution is 0.463. The molecule has 0 aliphatic carbocycles. The highest BCUT2D eigenvalue weighted by atomic mass is 35.5. The molecule has 0 radical (unpaired) electrons. The summed E-state index contributed by atoms with van der Waals surface area (Å²) in [4.78, 5) is -0.567. The molecule has 78 valence electrons. The molecule has 0 unspecified atom stereocenters. The van der Waals surface area contributed by atoms with E-state index >= 15 is 0 Å². The molecular formula is C6H5Cl2N2O3S-. The van der Waals surface area contributed by atoms with Gasteiger partial charge in [-0.15, -0.1) is 0 Å². The highest BCUT2D eigenvalue weighted by Gasteiger charge is 2.11. The Labute approximate surface area is 90.5 Å². The monoisotopic (exact) mass is 255 g/mol. The van der Waals surface area contributed by atoms with Crippen molar-refractivity contribution in [3.63, 3.8) is 0 Å². The van der Waals surface area contributed by atoms with Crippen LogP contribution in [0.2, 0.25) is 10.0 Å². The van der Waals surface area contributed by atoms with Crippen molar-refractivity contribution in [2.75, 3.05) is 5.43 Å². The SMILES string of the molecule is NNc1cc(Cl)c(S(=O)(=O)[O-])cc1Cl. The predicted molar refractivity (Wildman–Crippen MR) is 52.2 cm³/mol. The minimum Gasteiger partial charge on any atom is -0.744 e. The lowest BCUT2D eigenvalue weighted by Crippen LogP contribution is -2.08. The highest BCUT2D eigenvalue weighted by Crippen LogP contribution is 2.31. The summed E-state index contributed by atoms with van der Waals surface area (Å²) in [5.74, 6) is 5.06. The van der Waals surface area contributed by atoms with Gasteiger partial charge < -0.3 is 9.98 Å². The maximum atomic E-state index is 10.7. The molecule has 0 amide bonds. The lowest BCUT2D eigenvalue weighted by atomic mass is 10.3. The zero-order chi connectivity index (χ0) is 10.9. The van der Waals surface area contributed by atoms with Gasteiger partial charge in [0.1, 0.15) is 10.1 Å². The predicted octanol–water partition coefficient (Wildman–Crippen LogP) is 1.18. The van der Waals surface area contributed by atoms with Crippen LogP contribution in [0.3, 0.4) is 0 Å². The molecule has 0 heterocycles. The average molecular weight is 256 g/mol. The van der Waals surface area contributed by atoms with Crippen LogP contribution in [0.25, 0.3) is 0 Å². The molecule has 1 aromatic carbocycles. The largest absolute Gasteiger partial charge is 0.744 e. The number of rotatable bonds is 2. The molecule has 5 nitrogen and oxygen atoms in total. The van der Waals surface area contributed by atoms with E-state index in [2.05, 4.69) is 5.43 Å². The molecule has 0 aliphatic rings. The fourth-order valence-corrected chi connectivity index (χ4v) is 2.12. The lowest BCUT2D eigenvalue weighted by Gasteiger charge is -2.11. The van der Waals surface area contributed by atoms with Crippen LogP contribution in [0.1, 0.15) is 0 Å². The van der Waals surface area contributed by atoms with Gasteiger partial charge >= 0.3 is 0 Å². The Balaban J connectivity index is 3.44. The van der Waals surface area contributed by atoms with E-state index in [9.17, 15) is 13.0 Å². The van der Waals surface area contributed by atoms with Crippen LogP contribution >= 0.6 is 23.2 Å². The van der Waals surface area contributed by atoms with Crippen LogP contribution in [-0.4, -0.2) is 13.0 Å². The van der Waals surface area contributed by atoms with Gasteiger partial charge in [0.25, 0.3) is 0 Å². The third-order valence-electron chi connectivity index (χ3n) is 1.45. The number of nitrogen functional groups attached to an aromatic ring is 1. The quantitative estimate of drug-likeness (QED) is 0.470. The van der Waals surface area contributed by atoms with Crippen molar-refractivity contribution in [2.45, 2.75) is 4.90 Å². The molecule has 0 bridgehead atoms. The van der Waals surface area contributed by atoms with Crippen LogP contribution < -0.4 is 11.3 Å². The zero-order valence-electron chi connectivity index (χ0n) is 6.62. The Kier molecular flexibility index (Phi) is 3.23. The Morgan fingerprint density at radius 2 is 1.86 bits per heavy atom. The molecule has 0 atom stereocenters. The summed E-state index contributed by atoms with van der Waals surface area (Å²) >= 11 is 11.1. The zero-order valence-corrected chi connectivity index (χ0v) is 8.95. The molecule has 0 aromatic heterocycles. The van der Waals surface area contributed by atoms with E-state index in [1.807, 2.05) is 0 Å². The Morgan fingerprint density at radius 3 is 2.29 bits per heavy atom. The smallest absolute Gasteiger partial charge is 0.125 e. The van der Waals surface area contributed by atoms with Crippen LogP contribution in [0.4, 0.5) is 5.69 Å². The van der Waals surface area contributed by atoms with E-state index in [0.717, 1.165) is 12.1 Å². The summed E-state index contributed by atoms with van der Waals surface area (Å²) in [7, 11) is -4.62. The fourth-order valence-electron chi connectivity index (χ4n) is 0.831. The molecule has 0 saturated heterocycles. The van der Waals surface area contributed by atoms with Gasteiger partial charge in [0, 0.05) is 0 Å². The van der Waals surface area contributed by atoms with Gasteiger partial charge in [-0.1, -0.05) is 23.2 Å². The van der Waals surface area contributed by atoms with Gasteiger partial charge in [0.2, 0.25) is 0 Å². The van der Waals surface area contributed by atoms with Crippen molar-refractivity contribution in [2.24, 2.45) is 5.84 Å². The van der Waals surface area contributed by atoms with Crippen molar-refractivity contribution >= 4 is 39.0 Å². The number of hydrogen-bond acceptors (Lipinski definition) is 5. The molecule has 0 fully saturated rings. The van der Waals surface area contributed by atoms with E-state index in [4.69, 9.17) is 29.0 Å². The average Bonchev–Trinajstić information content (AvgIpc) is 2.06. The highest BCUT2D eigenvalue weighted by molar-refractivity contribution is 7.85. The van der Waals surface area contributed by atoms with Crippen LogP contribution in [-0.2, 0) is 10.1 Å². The van der Waals surface area contributed by atoms with Crippen LogP contribution in [0.5, 0.6) is 0 Å².